The molecule has 0 saturated heterocycles. The van der Waals surface area contributed by atoms with Gasteiger partial charge in [-0.15, -0.1) is 0 Å². The second-order valence-corrected chi connectivity index (χ2v) is 3.14. The molecule has 0 amide bonds. The molecule has 2 nitrogen and oxygen atoms in total. The largest absolute Gasteiger partial charge is 0.462 e. The van der Waals surface area contributed by atoms with E-state index in [-0.39, 0.29) is 5.97 Å². The lowest BCUT2D eigenvalue weighted by Crippen LogP contribution is -2.15. The summed E-state index contributed by atoms with van der Waals surface area (Å²) >= 11 is 0. The first-order chi connectivity index (χ1) is 6.67. The zero-order valence-electron chi connectivity index (χ0n) is 8.83. The van der Waals surface area contributed by atoms with E-state index < -0.39 is 0 Å². The fourth-order valence-electron chi connectivity index (χ4n) is 1.31. The molecule has 0 atom stereocenters. The zero-order valence-corrected chi connectivity index (χ0v) is 8.83. The first kappa shape index (κ1) is 10.8. The molecular formula is C11H14BO2. The van der Waals surface area contributed by atoms with Crippen molar-refractivity contribution in [2.75, 3.05) is 6.61 Å². The summed E-state index contributed by atoms with van der Waals surface area (Å²) in [6.45, 7) is 6.14. The maximum Gasteiger partial charge on any atom is 0.338 e. The molecule has 0 bridgehead atoms. The van der Waals surface area contributed by atoms with Crippen LogP contribution in [0.25, 0.3) is 0 Å². The van der Waals surface area contributed by atoms with Crippen molar-refractivity contribution in [3.63, 3.8) is 0 Å². The van der Waals surface area contributed by atoms with Gasteiger partial charge in [-0.1, -0.05) is 30.0 Å². The minimum absolute atomic E-state index is 0.251. The Morgan fingerprint density at radius 3 is 2.71 bits per heavy atom. The van der Waals surface area contributed by atoms with Gasteiger partial charge in [-0.3, -0.25) is 0 Å². The Morgan fingerprint density at radius 2 is 2.14 bits per heavy atom. The molecule has 1 rings (SSSR count). The van der Waals surface area contributed by atoms with E-state index >= 15 is 0 Å². The second kappa shape index (κ2) is 4.84. The molecule has 0 spiro atoms. The molecule has 0 heterocycles. The van der Waals surface area contributed by atoms with E-state index in [1.165, 1.54) is 0 Å². The highest BCUT2D eigenvalue weighted by Gasteiger charge is 2.07. The monoisotopic (exact) mass is 189 g/mol. The van der Waals surface area contributed by atoms with Gasteiger partial charge in [-0.2, -0.15) is 0 Å². The minimum atomic E-state index is -0.251. The van der Waals surface area contributed by atoms with Crippen LogP contribution < -0.4 is 5.46 Å². The Hall–Kier alpha value is -1.25. The van der Waals surface area contributed by atoms with Crippen LogP contribution >= 0.6 is 0 Å². The summed E-state index contributed by atoms with van der Waals surface area (Å²) in [5.41, 5.74) is 2.75. The fraction of sp³-hybridized carbons (Fsp3) is 0.364. The van der Waals surface area contributed by atoms with Gasteiger partial charge in [0.15, 0.2) is 0 Å². The van der Waals surface area contributed by atoms with Crippen LogP contribution in [0.2, 0.25) is 6.82 Å². The van der Waals surface area contributed by atoms with Crippen LogP contribution in [0, 0.1) is 6.92 Å². The molecule has 1 aromatic carbocycles. The Bertz CT molecular complexity index is 334. The summed E-state index contributed by atoms with van der Waals surface area (Å²) in [4.78, 5) is 11.4. The predicted molar refractivity (Wildman–Crippen MR) is 58.4 cm³/mol. The number of aryl methyl sites for hydroxylation is 1. The molecule has 1 aromatic rings. The lowest BCUT2D eigenvalue weighted by Gasteiger charge is -2.05. The van der Waals surface area contributed by atoms with Gasteiger partial charge >= 0.3 is 5.97 Å². The van der Waals surface area contributed by atoms with Crippen molar-refractivity contribution in [3.8, 4) is 0 Å². The van der Waals surface area contributed by atoms with Crippen molar-refractivity contribution < 1.29 is 9.53 Å². The van der Waals surface area contributed by atoms with Gasteiger partial charge in [0.1, 0.15) is 7.28 Å². The number of benzene rings is 1. The molecule has 3 heteroatoms. The molecule has 0 aliphatic heterocycles. The van der Waals surface area contributed by atoms with Gasteiger partial charge in [0.05, 0.1) is 12.2 Å². The average molecular weight is 189 g/mol. The van der Waals surface area contributed by atoms with Crippen molar-refractivity contribution in [2.24, 2.45) is 0 Å². The van der Waals surface area contributed by atoms with Crippen LogP contribution in [-0.4, -0.2) is 19.9 Å². The number of esters is 1. The number of ether oxygens (including phenoxy) is 1. The Morgan fingerprint density at radius 1 is 1.43 bits per heavy atom. The number of hydrogen-bond acceptors (Lipinski definition) is 2. The van der Waals surface area contributed by atoms with Crippen LogP contribution in [0.1, 0.15) is 22.8 Å². The van der Waals surface area contributed by atoms with E-state index in [9.17, 15) is 4.79 Å². The topological polar surface area (TPSA) is 26.3 Å². The highest BCUT2D eigenvalue weighted by atomic mass is 16.5. The van der Waals surface area contributed by atoms with Gasteiger partial charge in [0.2, 0.25) is 0 Å². The molecule has 1 radical (unpaired) electrons. The zero-order chi connectivity index (χ0) is 10.6. The molecule has 0 fully saturated rings. The van der Waals surface area contributed by atoms with Crippen molar-refractivity contribution in [3.05, 3.63) is 29.3 Å². The lowest BCUT2D eigenvalue weighted by atomic mass is 9.72. The van der Waals surface area contributed by atoms with Gasteiger partial charge in [0, 0.05) is 0 Å². The molecule has 0 aliphatic carbocycles. The van der Waals surface area contributed by atoms with E-state index in [1.54, 1.807) is 6.92 Å². The number of carbonyl (C=O) groups is 1. The summed E-state index contributed by atoms with van der Waals surface area (Å²) < 4.78 is 4.93. The molecule has 14 heavy (non-hydrogen) atoms. The second-order valence-electron chi connectivity index (χ2n) is 3.14. The van der Waals surface area contributed by atoms with Crippen LogP contribution in [-0.2, 0) is 4.74 Å². The van der Waals surface area contributed by atoms with Crippen molar-refractivity contribution >= 4 is 18.7 Å². The average Bonchev–Trinajstić information content (AvgIpc) is 2.17. The third-order valence-corrected chi connectivity index (χ3v) is 1.94. The SMILES string of the molecule is C[B]c1cc(C)cc(C(=O)OCC)c1. The Kier molecular flexibility index (Phi) is 3.75. The first-order valence-corrected chi connectivity index (χ1v) is 4.75. The maximum absolute atomic E-state index is 11.4. The standard InChI is InChI=1S/C11H14BO2/c1-4-14-11(13)9-5-8(2)6-10(7-9)12-3/h5-7H,4H2,1-3H3. The van der Waals surface area contributed by atoms with E-state index in [0.29, 0.717) is 12.2 Å². The first-order valence-electron chi connectivity index (χ1n) is 4.75. The van der Waals surface area contributed by atoms with Gasteiger partial charge in [-0.05, 0) is 19.9 Å². The lowest BCUT2D eigenvalue weighted by molar-refractivity contribution is 0.0526. The maximum atomic E-state index is 11.4. The van der Waals surface area contributed by atoms with Gasteiger partial charge < -0.3 is 4.74 Å². The summed E-state index contributed by atoms with van der Waals surface area (Å²) in [5.74, 6) is -0.251. The highest BCUT2D eigenvalue weighted by Crippen LogP contribution is 2.04. The van der Waals surface area contributed by atoms with E-state index in [2.05, 4.69) is 0 Å². The van der Waals surface area contributed by atoms with E-state index in [0.717, 1.165) is 11.0 Å². The third-order valence-electron chi connectivity index (χ3n) is 1.94. The molecule has 0 N–H and O–H groups in total. The predicted octanol–water partition coefficient (Wildman–Crippen LogP) is 1.55. The number of carbonyl (C=O) groups excluding carboxylic acids is 1. The quantitative estimate of drug-likeness (QED) is 0.532. The van der Waals surface area contributed by atoms with Crippen LogP contribution in [0.3, 0.4) is 0 Å². The van der Waals surface area contributed by atoms with Crippen LogP contribution in [0.4, 0.5) is 0 Å². The highest BCUT2D eigenvalue weighted by molar-refractivity contribution is 6.52. The van der Waals surface area contributed by atoms with Gasteiger partial charge in [0.25, 0.3) is 0 Å². The molecular weight excluding hydrogens is 175 g/mol. The normalized spacial score (nSPS) is 9.64. The Balaban J connectivity index is 2.96. The summed E-state index contributed by atoms with van der Waals surface area (Å²) in [5, 5.41) is 0. The number of rotatable bonds is 3. The molecule has 0 aliphatic rings. The van der Waals surface area contributed by atoms with E-state index in [4.69, 9.17) is 4.74 Å². The summed E-state index contributed by atoms with van der Waals surface area (Å²) in [6.07, 6.45) is 0. The summed E-state index contributed by atoms with van der Waals surface area (Å²) in [6, 6.07) is 5.71. The van der Waals surface area contributed by atoms with Crippen molar-refractivity contribution in [1.82, 2.24) is 0 Å². The van der Waals surface area contributed by atoms with E-state index in [1.807, 2.05) is 39.2 Å². The van der Waals surface area contributed by atoms with Crippen molar-refractivity contribution in [2.45, 2.75) is 20.7 Å². The summed E-state index contributed by atoms with van der Waals surface area (Å²) in [7, 11) is 1.97. The Labute approximate surface area is 85.5 Å². The van der Waals surface area contributed by atoms with Crippen LogP contribution in [0.15, 0.2) is 18.2 Å². The third kappa shape index (κ3) is 2.62. The molecule has 0 aromatic heterocycles. The molecule has 0 saturated carbocycles. The van der Waals surface area contributed by atoms with Crippen LogP contribution in [0.5, 0.6) is 0 Å². The fourth-order valence-corrected chi connectivity index (χ4v) is 1.31. The molecule has 73 valence electrons. The minimum Gasteiger partial charge on any atom is -0.462 e. The van der Waals surface area contributed by atoms with Crippen molar-refractivity contribution in [1.29, 1.82) is 0 Å². The molecule has 0 unspecified atom stereocenters. The van der Waals surface area contributed by atoms with Gasteiger partial charge in [-0.25, -0.2) is 4.79 Å². The number of hydrogen-bond donors (Lipinski definition) is 0. The smallest absolute Gasteiger partial charge is 0.338 e.